The minimum Gasteiger partial charge on any atom is -0.497 e. The number of rotatable bonds is 5. The van der Waals surface area contributed by atoms with Crippen molar-refractivity contribution in [3.8, 4) is 5.75 Å². The van der Waals surface area contributed by atoms with E-state index < -0.39 is 5.97 Å². The minimum atomic E-state index is -0.735. The van der Waals surface area contributed by atoms with Gasteiger partial charge in [-0.3, -0.25) is 4.79 Å². The number of carbonyl (C=O) groups excluding carboxylic acids is 1. The van der Waals surface area contributed by atoms with Crippen molar-refractivity contribution in [1.82, 2.24) is 10.6 Å². The predicted molar refractivity (Wildman–Crippen MR) is 86.5 cm³/mol. The fourth-order valence-corrected chi connectivity index (χ4v) is 2.88. The fraction of sp³-hybridized carbons (Fsp3) is 0.529. The molecule has 1 aliphatic carbocycles. The van der Waals surface area contributed by atoms with Crippen LogP contribution in [0, 0.1) is 5.92 Å². The number of carbonyl (C=O) groups is 2. The van der Waals surface area contributed by atoms with E-state index in [1.807, 2.05) is 31.2 Å². The lowest BCUT2D eigenvalue weighted by molar-refractivity contribution is -0.142. The van der Waals surface area contributed by atoms with Gasteiger partial charge >= 0.3 is 12.0 Å². The van der Waals surface area contributed by atoms with Crippen molar-refractivity contribution in [3.63, 3.8) is 0 Å². The summed E-state index contributed by atoms with van der Waals surface area (Å²) < 4.78 is 5.11. The van der Waals surface area contributed by atoms with Crippen molar-refractivity contribution in [2.45, 2.75) is 44.7 Å². The third kappa shape index (κ3) is 4.87. The molecule has 0 aliphatic heterocycles. The van der Waals surface area contributed by atoms with Gasteiger partial charge in [0.05, 0.1) is 19.1 Å². The molecule has 1 aliphatic rings. The lowest BCUT2D eigenvalue weighted by atomic mass is 9.86. The van der Waals surface area contributed by atoms with Gasteiger partial charge in [0.2, 0.25) is 0 Å². The van der Waals surface area contributed by atoms with Crippen LogP contribution >= 0.6 is 0 Å². The van der Waals surface area contributed by atoms with E-state index >= 15 is 0 Å². The standard InChI is InChI=1S/C17H24N2O4/c1-11(12-5-9-15(23-2)10-6-12)18-17(22)19-14-7-3-13(4-8-14)16(20)21/h5-6,9-11,13-14H,3-4,7-8H2,1-2H3,(H,20,21)(H2,18,19,22). The van der Waals surface area contributed by atoms with Crippen molar-refractivity contribution >= 4 is 12.0 Å². The molecule has 0 radical (unpaired) electrons. The first-order valence-corrected chi connectivity index (χ1v) is 7.93. The zero-order valence-corrected chi connectivity index (χ0v) is 13.5. The molecule has 1 fully saturated rings. The summed E-state index contributed by atoms with van der Waals surface area (Å²) in [7, 11) is 1.61. The largest absolute Gasteiger partial charge is 0.497 e. The van der Waals surface area contributed by atoms with Crippen molar-refractivity contribution < 1.29 is 19.4 Å². The van der Waals surface area contributed by atoms with Gasteiger partial charge in [-0.15, -0.1) is 0 Å². The Balaban J connectivity index is 1.79. The van der Waals surface area contributed by atoms with Crippen molar-refractivity contribution in [2.24, 2.45) is 5.92 Å². The van der Waals surface area contributed by atoms with Gasteiger partial charge in [-0.25, -0.2) is 4.79 Å². The molecule has 3 N–H and O–H groups in total. The fourth-order valence-electron chi connectivity index (χ4n) is 2.88. The predicted octanol–water partition coefficient (Wildman–Crippen LogP) is 2.70. The molecule has 23 heavy (non-hydrogen) atoms. The molecule has 126 valence electrons. The molecule has 1 unspecified atom stereocenters. The topological polar surface area (TPSA) is 87.7 Å². The summed E-state index contributed by atoms with van der Waals surface area (Å²) in [6.45, 7) is 1.92. The van der Waals surface area contributed by atoms with Gasteiger partial charge in [0.15, 0.2) is 0 Å². The molecule has 1 aromatic carbocycles. The molecule has 0 heterocycles. The number of benzene rings is 1. The maximum atomic E-state index is 12.1. The number of ether oxygens (including phenoxy) is 1. The molecule has 2 rings (SSSR count). The van der Waals surface area contributed by atoms with Gasteiger partial charge in [0, 0.05) is 6.04 Å². The van der Waals surface area contributed by atoms with Crippen LogP contribution in [-0.4, -0.2) is 30.3 Å². The molecule has 0 saturated heterocycles. The van der Waals surface area contributed by atoms with E-state index in [2.05, 4.69) is 10.6 Å². The monoisotopic (exact) mass is 320 g/mol. The molecule has 0 spiro atoms. The third-order valence-electron chi connectivity index (χ3n) is 4.38. The normalized spacial score (nSPS) is 22.0. The number of hydrogen-bond donors (Lipinski definition) is 3. The number of carboxylic acids is 1. The van der Waals surface area contributed by atoms with Crippen LogP contribution in [-0.2, 0) is 4.79 Å². The van der Waals surface area contributed by atoms with Crippen LogP contribution in [0.1, 0.15) is 44.2 Å². The van der Waals surface area contributed by atoms with Gasteiger partial charge in [-0.05, 0) is 50.3 Å². The average Bonchev–Trinajstić information content (AvgIpc) is 2.55. The van der Waals surface area contributed by atoms with Crippen LogP contribution in [0.15, 0.2) is 24.3 Å². The molecule has 0 bridgehead atoms. The van der Waals surface area contributed by atoms with E-state index in [0.717, 1.165) is 11.3 Å². The summed E-state index contributed by atoms with van der Waals surface area (Å²) in [4.78, 5) is 23.0. The van der Waals surface area contributed by atoms with E-state index in [1.165, 1.54) is 0 Å². The smallest absolute Gasteiger partial charge is 0.315 e. The lowest BCUT2D eigenvalue weighted by Crippen LogP contribution is -2.44. The van der Waals surface area contributed by atoms with Crippen LogP contribution in [0.4, 0.5) is 4.79 Å². The molecule has 1 saturated carbocycles. The molecule has 2 amide bonds. The zero-order chi connectivity index (χ0) is 16.8. The van der Waals surface area contributed by atoms with Gasteiger partial charge in [-0.2, -0.15) is 0 Å². The summed E-state index contributed by atoms with van der Waals surface area (Å²) >= 11 is 0. The van der Waals surface area contributed by atoms with Crippen LogP contribution in [0.2, 0.25) is 0 Å². The molecular weight excluding hydrogens is 296 g/mol. The van der Waals surface area contributed by atoms with E-state index in [1.54, 1.807) is 7.11 Å². The maximum Gasteiger partial charge on any atom is 0.315 e. The molecule has 0 aromatic heterocycles. The Hall–Kier alpha value is -2.24. The second-order valence-corrected chi connectivity index (χ2v) is 6.00. The van der Waals surface area contributed by atoms with Gasteiger partial charge in [-0.1, -0.05) is 12.1 Å². The van der Waals surface area contributed by atoms with Crippen LogP contribution < -0.4 is 15.4 Å². The van der Waals surface area contributed by atoms with E-state index in [-0.39, 0.29) is 24.0 Å². The maximum absolute atomic E-state index is 12.1. The Bertz CT molecular complexity index is 536. The highest BCUT2D eigenvalue weighted by atomic mass is 16.5. The Labute approximate surface area is 136 Å². The highest BCUT2D eigenvalue weighted by molar-refractivity contribution is 5.75. The lowest BCUT2D eigenvalue weighted by Gasteiger charge is -2.27. The zero-order valence-electron chi connectivity index (χ0n) is 13.5. The SMILES string of the molecule is COc1ccc(C(C)NC(=O)NC2CCC(C(=O)O)CC2)cc1. The second-order valence-electron chi connectivity index (χ2n) is 6.00. The molecule has 1 atom stereocenters. The van der Waals surface area contributed by atoms with Crippen LogP contribution in [0.25, 0.3) is 0 Å². The Morgan fingerprint density at radius 3 is 2.30 bits per heavy atom. The summed E-state index contributed by atoms with van der Waals surface area (Å²) in [5.74, 6) is -0.226. The third-order valence-corrected chi connectivity index (χ3v) is 4.38. The van der Waals surface area contributed by atoms with Crippen LogP contribution in [0.5, 0.6) is 5.75 Å². The highest BCUT2D eigenvalue weighted by Gasteiger charge is 2.26. The molecule has 6 nitrogen and oxygen atoms in total. The Kier molecular flexibility index (Phi) is 5.84. The van der Waals surface area contributed by atoms with Crippen molar-refractivity contribution in [2.75, 3.05) is 7.11 Å². The van der Waals surface area contributed by atoms with E-state index in [0.29, 0.717) is 25.7 Å². The second kappa shape index (κ2) is 7.85. The molecule has 1 aromatic rings. The number of nitrogens with one attached hydrogen (secondary N) is 2. The minimum absolute atomic E-state index is 0.0497. The number of amides is 2. The summed E-state index contributed by atoms with van der Waals surface area (Å²) in [6, 6.07) is 7.28. The quantitative estimate of drug-likeness (QED) is 0.778. The summed E-state index contributed by atoms with van der Waals surface area (Å²) in [5.41, 5.74) is 0.996. The molecule has 6 heteroatoms. The average molecular weight is 320 g/mol. The van der Waals surface area contributed by atoms with Crippen molar-refractivity contribution in [1.29, 1.82) is 0 Å². The van der Waals surface area contributed by atoms with Crippen LogP contribution in [0.3, 0.4) is 0 Å². The number of aliphatic carboxylic acids is 1. The first-order valence-electron chi connectivity index (χ1n) is 7.93. The summed E-state index contributed by atoms with van der Waals surface area (Å²) in [5, 5.41) is 14.8. The Morgan fingerprint density at radius 2 is 1.78 bits per heavy atom. The molecular formula is C17H24N2O4. The summed E-state index contributed by atoms with van der Waals surface area (Å²) in [6.07, 6.45) is 2.66. The number of urea groups is 1. The van der Waals surface area contributed by atoms with Gasteiger partial charge < -0.3 is 20.5 Å². The van der Waals surface area contributed by atoms with Gasteiger partial charge in [0.25, 0.3) is 0 Å². The number of carboxylic acid groups (broad SMARTS) is 1. The Morgan fingerprint density at radius 1 is 1.17 bits per heavy atom. The van der Waals surface area contributed by atoms with E-state index in [4.69, 9.17) is 9.84 Å². The van der Waals surface area contributed by atoms with Crippen molar-refractivity contribution in [3.05, 3.63) is 29.8 Å². The first kappa shape index (κ1) is 17.1. The first-order chi connectivity index (χ1) is 11.0. The highest BCUT2D eigenvalue weighted by Crippen LogP contribution is 2.24. The number of hydrogen-bond acceptors (Lipinski definition) is 3. The van der Waals surface area contributed by atoms with Gasteiger partial charge in [0.1, 0.15) is 5.75 Å². The van der Waals surface area contributed by atoms with E-state index in [9.17, 15) is 9.59 Å². The number of methoxy groups -OCH3 is 1.